The minimum atomic E-state index is -4.94. The SMILES string of the molecule is CCC1(CC)OB(O)c2cc(CNC(=O)c3ccc(C4=NOC(c5cc(Cl)c(F)c(Cl)c5)(C(F)(F)F)C4)cc3C)ccc21. The van der Waals surface area contributed by atoms with Crippen LogP contribution in [0.2, 0.25) is 10.0 Å². The summed E-state index contributed by atoms with van der Waals surface area (Å²) in [5.74, 6) is -1.42. The van der Waals surface area contributed by atoms with E-state index in [1.807, 2.05) is 32.0 Å². The molecule has 0 aliphatic carbocycles. The molecule has 13 heteroatoms. The first-order valence-corrected chi connectivity index (χ1v) is 14.4. The Labute approximate surface area is 256 Å². The summed E-state index contributed by atoms with van der Waals surface area (Å²) in [6, 6.07) is 11.8. The second kappa shape index (κ2) is 11.4. The molecule has 1 atom stereocenters. The number of hydrogen-bond donors (Lipinski definition) is 2. The van der Waals surface area contributed by atoms with Crippen molar-refractivity contribution in [3.63, 3.8) is 0 Å². The number of hydrogen-bond acceptors (Lipinski definition) is 5. The number of nitrogens with zero attached hydrogens (tertiary/aromatic N) is 1. The average molecular weight is 637 g/mol. The van der Waals surface area contributed by atoms with Gasteiger partial charge in [-0.15, -0.1) is 0 Å². The summed E-state index contributed by atoms with van der Waals surface area (Å²) >= 11 is 11.6. The number of halogens is 6. The molecule has 5 rings (SSSR count). The van der Waals surface area contributed by atoms with Crippen LogP contribution in [0, 0.1) is 12.7 Å². The second-order valence-corrected chi connectivity index (χ2v) is 11.5. The largest absolute Gasteiger partial charge is 0.492 e. The van der Waals surface area contributed by atoms with Crippen LogP contribution < -0.4 is 10.8 Å². The van der Waals surface area contributed by atoms with Crippen LogP contribution in [-0.2, 0) is 27.2 Å². The third-order valence-corrected chi connectivity index (χ3v) is 8.80. The van der Waals surface area contributed by atoms with Gasteiger partial charge in [0.2, 0.25) is 0 Å². The van der Waals surface area contributed by atoms with E-state index in [4.69, 9.17) is 32.7 Å². The van der Waals surface area contributed by atoms with Gasteiger partial charge in [0, 0.05) is 24.1 Å². The van der Waals surface area contributed by atoms with Gasteiger partial charge < -0.3 is 19.8 Å². The van der Waals surface area contributed by atoms with E-state index in [9.17, 15) is 27.4 Å². The fraction of sp³-hybridized carbons (Fsp3) is 0.333. The summed E-state index contributed by atoms with van der Waals surface area (Å²) in [7, 11) is -1.05. The Bertz CT molecular complexity index is 1610. The van der Waals surface area contributed by atoms with Crippen LogP contribution in [0.1, 0.15) is 71.3 Å². The molecule has 2 N–H and O–H groups in total. The number of benzene rings is 3. The van der Waals surface area contributed by atoms with Gasteiger partial charge in [-0.05, 0) is 71.7 Å². The van der Waals surface area contributed by atoms with Crippen LogP contribution in [0.25, 0.3) is 0 Å². The standard InChI is InChI=1S/C30H27BCl2F4N2O4/c1-4-28(5-2)21-9-6-17(11-22(21)31(41)42-28)15-38-27(40)20-8-7-18(10-16(20)3)25-14-29(43-39-25,30(35,36)37)19-12-23(32)26(34)24(33)13-19/h6-13,41H,4-5,14-15H2,1-3H3,(H,38,40). The molecule has 1 amide bonds. The van der Waals surface area contributed by atoms with Crippen molar-refractivity contribution >= 4 is 47.4 Å². The molecule has 2 aliphatic rings. The highest BCUT2D eigenvalue weighted by Gasteiger charge is 2.62. The van der Waals surface area contributed by atoms with E-state index in [0.29, 0.717) is 35.0 Å². The van der Waals surface area contributed by atoms with Crippen molar-refractivity contribution in [2.24, 2.45) is 5.16 Å². The number of aryl methyl sites for hydroxylation is 1. The van der Waals surface area contributed by atoms with Crippen LogP contribution in [0.5, 0.6) is 0 Å². The van der Waals surface area contributed by atoms with Crippen LogP contribution >= 0.6 is 23.2 Å². The molecule has 0 saturated heterocycles. The fourth-order valence-corrected chi connectivity index (χ4v) is 6.19. The fourth-order valence-electron chi connectivity index (χ4n) is 5.70. The van der Waals surface area contributed by atoms with Gasteiger partial charge in [0.25, 0.3) is 11.5 Å². The van der Waals surface area contributed by atoms with Crippen LogP contribution in [0.15, 0.2) is 53.7 Å². The van der Waals surface area contributed by atoms with E-state index in [0.717, 1.165) is 23.3 Å². The van der Waals surface area contributed by atoms with Crippen molar-refractivity contribution in [2.45, 2.75) is 64.0 Å². The number of nitrogens with one attached hydrogen (secondary N) is 1. The van der Waals surface area contributed by atoms with E-state index in [1.165, 1.54) is 12.1 Å². The molecule has 0 bridgehead atoms. The number of amides is 1. The number of carbonyl (C=O) groups excluding carboxylic acids is 1. The third-order valence-electron chi connectivity index (χ3n) is 8.25. The van der Waals surface area contributed by atoms with Crippen molar-refractivity contribution in [2.75, 3.05) is 0 Å². The van der Waals surface area contributed by atoms with E-state index < -0.39 is 52.3 Å². The van der Waals surface area contributed by atoms with Gasteiger partial charge in [-0.25, -0.2) is 4.39 Å². The minimum absolute atomic E-state index is 0.0156. The molecule has 1 unspecified atom stereocenters. The molecule has 6 nitrogen and oxygen atoms in total. The molecule has 0 saturated carbocycles. The molecule has 2 aliphatic heterocycles. The van der Waals surface area contributed by atoms with Crippen molar-refractivity contribution in [3.05, 3.63) is 97.8 Å². The first kappa shape index (κ1) is 31.3. The van der Waals surface area contributed by atoms with Gasteiger partial charge in [-0.2, -0.15) is 13.2 Å². The Kier molecular flexibility index (Phi) is 8.32. The summed E-state index contributed by atoms with van der Waals surface area (Å²) in [4.78, 5) is 18.0. The molecule has 0 spiro atoms. The maximum atomic E-state index is 14.3. The van der Waals surface area contributed by atoms with Gasteiger partial charge in [-0.3, -0.25) is 4.79 Å². The summed E-state index contributed by atoms with van der Waals surface area (Å²) in [5.41, 5.74) is -0.427. The topological polar surface area (TPSA) is 80.2 Å². The number of fused-ring (bicyclic) bond motifs is 1. The van der Waals surface area contributed by atoms with Crippen molar-refractivity contribution in [1.29, 1.82) is 0 Å². The molecule has 226 valence electrons. The van der Waals surface area contributed by atoms with Gasteiger partial charge in [0.15, 0.2) is 5.82 Å². The van der Waals surface area contributed by atoms with E-state index in [-0.39, 0.29) is 18.2 Å². The van der Waals surface area contributed by atoms with Gasteiger partial charge in [-0.1, -0.05) is 66.5 Å². The Morgan fingerprint density at radius 2 is 1.77 bits per heavy atom. The molecule has 0 aromatic heterocycles. The molecule has 43 heavy (non-hydrogen) atoms. The lowest BCUT2D eigenvalue weighted by molar-refractivity contribution is -0.275. The molecular weight excluding hydrogens is 610 g/mol. The Morgan fingerprint density at radius 3 is 2.37 bits per heavy atom. The summed E-state index contributed by atoms with van der Waals surface area (Å²) in [5, 5.41) is 15.9. The molecule has 3 aromatic carbocycles. The second-order valence-electron chi connectivity index (χ2n) is 10.7. The zero-order valence-electron chi connectivity index (χ0n) is 23.4. The van der Waals surface area contributed by atoms with Gasteiger partial charge >= 0.3 is 13.3 Å². The first-order valence-electron chi connectivity index (χ1n) is 13.6. The van der Waals surface area contributed by atoms with Crippen molar-refractivity contribution < 1.29 is 36.9 Å². The Hall–Kier alpha value is -3.12. The lowest BCUT2D eigenvalue weighted by Gasteiger charge is -2.29. The highest BCUT2D eigenvalue weighted by molar-refractivity contribution is 6.62. The molecule has 2 heterocycles. The summed E-state index contributed by atoms with van der Waals surface area (Å²) in [6.07, 6.45) is -4.23. The monoisotopic (exact) mass is 636 g/mol. The zero-order valence-corrected chi connectivity index (χ0v) is 24.9. The maximum absolute atomic E-state index is 14.3. The number of rotatable bonds is 7. The normalized spacial score (nSPS) is 19.2. The Balaban J connectivity index is 1.32. The highest BCUT2D eigenvalue weighted by Crippen LogP contribution is 2.50. The Morgan fingerprint density at radius 1 is 1.09 bits per heavy atom. The van der Waals surface area contributed by atoms with Crippen LogP contribution in [0.3, 0.4) is 0 Å². The number of oxime groups is 1. The smallest absolute Gasteiger partial charge is 0.423 e. The maximum Gasteiger partial charge on any atom is 0.492 e. The summed E-state index contributed by atoms with van der Waals surface area (Å²) in [6.45, 7) is 5.85. The third kappa shape index (κ3) is 5.41. The van der Waals surface area contributed by atoms with Gasteiger partial charge in [0.05, 0.1) is 21.4 Å². The van der Waals surface area contributed by atoms with E-state index in [1.54, 1.807) is 13.0 Å². The van der Waals surface area contributed by atoms with Crippen LogP contribution in [0.4, 0.5) is 17.6 Å². The molecule has 0 fully saturated rings. The average Bonchev–Trinajstić information content (AvgIpc) is 3.55. The molecule has 0 radical (unpaired) electrons. The van der Waals surface area contributed by atoms with Crippen molar-refractivity contribution in [1.82, 2.24) is 5.32 Å². The van der Waals surface area contributed by atoms with Crippen molar-refractivity contribution in [3.8, 4) is 0 Å². The van der Waals surface area contributed by atoms with E-state index in [2.05, 4.69) is 10.5 Å². The molecular formula is C30H27BCl2F4N2O4. The molecule has 3 aromatic rings. The predicted octanol–water partition coefficient (Wildman–Crippen LogP) is 6.69. The lowest BCUT2D eigenvalue weighted by Crippen LogP contribution is -2.42. The van der Waals surface area contributed by atoms with E-state index >= 15 is 0 Å². The number of carbonyl (C=O) groups is 1. The summed E-state index contributed by atoms with van der Waals surface area (Å²) < 4.78 is 62.8. The first-order chi connectivity index (χ1) is 20.2. The predicted molar refractivity (Wildman–Crippen MR) is 156 cm³/mol. The number of alkyl halides is 3. The quantitative estimate of drug-likeness (QED) is 0.172. The van der Waals surface area contributed by atoms with Gasteiger partial charge in [0.1, 0.15) is 0 Å². The lowest BCUT2D eigenvalue weighted by atomic mass is 9.76. The highest BCUT2D eigenvalue weighted by atomic mass is 35.5. The minimum Gasteiger partial charge on any atom is -0.423 e. The van der Waals surface area contributed by atoms with Crippen LogP contribution in [-0.4, -0.2) is 29.9 Å². The zero-order chi connectivity index (χ0) is 31.3.